The summed E-state index contributed by atoms with van der Waals surface area (Å²) >= 11 is 0. The minimum atomic E-state index is 0.403. The number of rotatable bonds is 5. The summed E-state index contributed by atoms with van der Waals surface area (Å²) in [5.74, 6) is 5.40. The maximum absolute atomic E-state index is 12.1. The topological polar surface area (TPSA) is 17.1 Å². The number of hydrogen-bond donors (Lipinski definition) is 0. The molecule has 3 saturated carbocycles. The summed E-state index contributed by atoms with van der Waals surface area (Å²) in [6, 6.07) is 0. The summed E-state index contributed by atoms with van der Waals surface area (Å²) in [4.78, 5) is 12.1. The second-order valence-corrected chi connectivity index (χ2v) is 12.0. The first-order valence-corrected chi connectivity index (χ1v) is 12.5. The molecule has 4 aliphatic rings. The van der Waals surface area contributed by atoms with Crippen LogP contribution in [0.15, 0.2) is 11.6 Å². The third-order valence-electron chi connectivity index (χ3n) is 10.1. The number of hydrogen-bond acceptors (Lipinski definition) is 1. The van der Waals surface area contributed by atoms with E-state index >= 15 is 0 Å². The molecule has 0 bridgehead atoms. The number of allylic oxidation sites excluding steroid dienone is 2. The lowest BCUT2D eigenvalue weighted by Crippen LogP contribution is -2.49. The van der Waals surface area contributed by atoms with Gasteiger partial charge in [0.05, 0.1) is 0 Å². The highest BCUT2D eigenvalue weighted by Crippen LogP contribution is 2.66. The Morgan fingerprint density at radius 3 is 2.50 bits per heavy atom. The van der Waals surface area contributed by atoms with Crippen LogP contribution >= 0.6 is 0 Å². The van der Waals surface area contributed by atoms with Crippen LogP contribution in [-0.4, -0.2) is 5.78 Å². The van der Waals surface area contributed by atoms with Crippen molar-refractivity contribution in [3.63, 3.8) is 0 Å². The SMILES string of the molecule is CC(C)CCC[C@@H](C)C1CCC2C3=CC[C@H]4CC(=O)CC[C@]4(C)C3CC[C@@]21C. The van der Waals surface area contributed by atoms with Crippen molar-refractivity contribution in [1.82, 2.24) is 0 Å². The Labute approximate surface area is 174 Å². The third kappa shape index (κ3) is 3.33. The molecule has 3 fully saturated rings. The van der Waals surface area contributed by atoms with Gasteiger partial charge in [-0.25, -0.2) is 0 Å². The Bertz CT molecular complexity index is 630. The Kier molecular flexibility index (Phi) is 5.60. The highest BCUT2D eigenvalue weighted by Gasteiger charge is 2.58. The Hall–Kier alpha value is -0.590. The van der Waals surface area contributed by atoms with Crippen LogP contribution in [0.4, 0.5) is 0 Å². The molecule has 3 unspecified atom stereocenters. The van der Waals surface area contributed by atoms with E-state index in [1.54, 1.807) is 0 Å². The Balaban J connectivity index is 1.51. The van der Waals surface area contributed by atoms with Gasteiger partial charge in [-0.05, 0) is 84.9 Å². The number of carbonyl (C=O) groups excluding carboxylic acids is 1. The van der Waals surface area contributed by atoms with E-state index in [-0.39, 0.29) is 0 Å². The molecule has 0 N–H and O–H groups in total. The zero-order valence-corrected chi connectivity index (χ0v) is 19.2. The first-order valence-electron chi connectivity index (χ1n) is 12.5. The molecule has 0 aromatic carbocycles. The second-order valence-electron chi connectivity index (χ2n) is 12.0. The average Bonchev–Trinajstić information content (AvgIpc) is 2.99. The van der Waals surface area contributed by atoms with Gasteiger partial charge in [0.1, 0.15) is 5.78 Å². The van der Waals surface area contributed by atoms with Crippen molar-refractivity contribution >= 4 is 5.78 Å². The molecule has 0 spiro atoms. The maximum Gasteiger partial charge on any atom is 0.133 e. The molecule has 0 radical (unpaired) electrons. The highest BCUT2D eigenvalue weighted by molar-refractivity contribution is 5.79. The molecule has 0 aliphatic heterocycles. The van der Waals surface area contributed by atoms with Gasteiger partial charge in [0.15, 0.2) is 0 Å². The van der Waals surface area contributed by atoms with E-state index in [4.69, 9.17) is 0 Å². The van der Waals surface area contributed by atoms with E-state index in [2.05, 4.69) is 40.7 Å². The van der Waals surface area contributed by atoms with Crippen molar-refractivity contribution in [2.45, 2.75) is 105 Å². The second kappa shape index (κ2) is 7.59. The van der Waals surface area contributed by atoms with Crippen LogP contribution in [0.3, 0.4) is 0 Å². The number of ketones is 1. The molecular formula is C27H44O. The molecule has 1 nitrogen and oxygen atoms in total. The standard InChI is InChI=1S/C27H44O/c1-18(2)7-6-8-19(3)23-11-12-24-22-10-9-20-17-21(28)13-15-26(20,4)25(22)14-16-27(23,24)5/h10,18-20,23-25H,6-9,11-17H2,1-5H3/t19-,20+,23?,24?,25?,26+,27-/m1/s1. The molecule has 4 aliphatic carbocycles. The summed E-state index contributed by atoms with van der Waals surface area (Å²) < 4.78 is 0. The van der Waals surface area contributed by atoms with Gasteiger partial charge < -0.3 is 0 Å². The first kappa shape index (κ1) is 20.7. The van der Waals surface area contributed by atoms with Crippen molar-refractivity contribution in [3.8, 4) is 0 Å². The first-order chi connectivity index (χ1) is 13.3. The lowest BCUT2D eigenvalue weighted by atomic mass is 9.47. The summed E-state index contributed by atoms with van der Waals surface area (Å²) in [6.07, 6.45) is 16.6. The van der Waals surface area contributed by atoms with Crippen LogP contribution in [0.2, 0.25) is 0 Å². The molecule has 0 amide bonds. The van der Waals surface area contributed by atoms with Gasteiger partial charge in [0, 0.05) is 12.8 Å². The van der Waals surface area contributed by atoms with Gasteiger partial charge in [0.25, 0.3) is 0 Å². The highest BCUT2D eigenvalue weighted by atomic mass is 16.1. The molecule has 7 atom stereocenters. The van der Waals surface area contributed by atoms with E-state index in [9.17, 15) is 4.79 Å². The number of carbonyl (C=O) groups is 1. The van der Waals surface area contributed by atoms with Gasteiger partial charge >= 0.3 is 0 Å². The van der Waals surface area contributed by atoms with E-state index in [0.29, 0.717) is 22.5 Å². The summed E-state index contributed by atoms with van der Waals surface area (Å²) in [5, 5.41) is 0. The fraction of sp³-hybridized carbons (Fsp3) is 0.889. The monoisotopic (exact) mass is 384 g/mol. The van der Waals surface area contributed by atoms with Gasteiger partial charge in [-0.1, -0.05) is 65.5 Å². The van der Waals surface area contributed by atoms with Gasteiger partial charge in [-0.15, -0.1) is 0 Å². The van der Waals surface area contributed by atoms with E-state index in [1.165, 1.54) is 51.4 Å². The van der Waals surface area contributed by atoms with Gasteiger partial charge in [-0.3, -0.25) is 4.79 Å². The van der Waals surface area contributed by atoms with Crippen LogP contribution in [0, 0.1) is 46.3 Å². The fourth-order valence-corrected chi connectivity index (χ4v) is 8.33. The Morgan fingerprint density at radius 2 is 1.75 bits per heavy atom. The number of fused-ring (bicyclic) bond motifs is 5. The molecule has 28 heavy (non-hydrogen) atoms. The quantitative estimate of drug-likeness (QED) is 0.446. The van der Waals surface area contributed by atoms with Crippen LogP contribution in [-0.2, 0) is 4.79 Å². The average molecular weight is 385 g/mol. The molecule has 4 rings (SSSR count). The molecule has 1 heteroatoms. The van der Waals surface area contributed by atoms with Crippen molar-refractivity contribution < 1.29 is 4.79 Å². The van der Waals surface area contributed by atoms with Crippen LogP contribution in [0.5, 0.6) is 0 Å². The predicted molar refractivity (Wildman–Crippen MR) is 118 cm³/mol. The fourth-order valence-electron chi connectivity index (χ4n) is 8.33. The molecule has 0 aromatic heterocycles. The minimum absolute atomic E-state index is 0.403. The lowest BCUT2D eigenvalue weighted by Gasteiger charge is -2.57. The van der Waals surface area contributed by atoms with Crippen molar-refractivity contribution in [2.24, 2.45) is 46.3 Å². The third-order valence-corrected chi connectivity index (χ3v) is 10.1. The zero-order valence-electron chi connectivity index (χ0n) is 19.2. The minimum Gasteiger partial charge on any atom is -0.300 e. The zero-order chi connectivity index (χ0) is 20.1. The van der Waals surface area contributed by atoms with Crippen LogP contribution < -0.4 is 0 Å². The van der Waals surface area contributed by atoms with Gasteiger partial charge in [0.2, 0.25) is 0 Å². The van der Waals surface area contributed by atoms with Crippen molar-refractivity contribution in [3.05, 3.63) is 11.6 Å². The molecule has 0 saturated heterocycles. The molecule has 158 valence electrons. The maximum atomic E-state index is 12.1. The Morgan fingerprint density at radius 1 is 1.00 bits per heavy atom. The number of Topliss-reactive ketones (excluding diaryl/α,β-unsaturated/α-hetero) is 1. The largest absolute Gasteiger partial charge is 0.300 e. The summed E-state index contributed by atoms with van der Waals surface area (Å²) in [6.45, 7) is 12.5. The van der Waals surface area contributed by atoms with Crippen LogP contribution in [0.25, 0.3) is 0 Å². The van der Waals surface area contributed by atoms with Crippen molar-refractivity contribution in [1.29, 1.82) is 0 Å². The molecule has 0 heterocycles. The van der Waals surface area contributed by atoms with E-state index in [1.807, 2.05) is 5.57 Å². The summed E-state index contributed by atoms with van der Waals surface area (Å²) in [7, 11) is 0. The van der Waals surface area contributed by atoms with E-state index < -0.39 is 0 Å². The summed E-state index contributed by atoms with van der Waals surface area (Å²) in [5.41, 5.74) is 2.78. The predicted octanol–water partition coefficient (Wildman–Crippen LogP) is 7.60. The lowest BCUT2D eigenvalue weighted by molar-refractivity contribution is -0.127. The molecular weight excluding hydrogens is 340 g/mol. The molecule has 0 aromatic rings. The van der Waals surface area contributed by atoms with E-state index in [0.717, 1.165) is 48.9 Å². The van der Waals surface area contributed by atoms with Crippen LogP contribution in [0.1, 0.15) is 105 Å². The van der Waals surface area contributed by atoms with Gasteiger partial charge in [-0.2, -0.15) is 0 Å². The van der Waals surface area contributed by atoms with Crippen molar-refractivity contribution in [2.75, 3.05) is 0 Å². The smallest absolute Gasteiger partial charge is 0.133 e. The normalized spacial score (nSPS) is 43.9.